The molecule has 132 valence electrons. The molecule has 1 fully saturated rings. The van der Waals surface area contributed by atoms with Crippen LogP contribution in [-0.2, 0) is 11.3 Å². The fourth-order valence-electron chi connectivity index (χ4n) is 3.26. The maximum Gasteiger partial charge on any atom is 0.228 e. The van der Waals surface area contributed by atoms with Crippen molar-refractivity contribution in [3.63, 3.8) is 0 Å². The van der Waals surface area contributed by atoms with E-state index in [0.29, 0.717) is 5.02 Å². The highest BCUT2D eigenvalue weighted by Gasteiger charge is 2.26. The van der Waals surface area contributed by atoms with Gasteiger partial charge in [-0.1, -0.05) is 35.3 Å². The summed E-state index contributed by atoms with van der Waals surface area (Å²) in [6.45, 7) is 4.60. The lowest BCUT2D eigenvalue weighted by molar-refractivity contribution is -0.121. The molecular weight excluding hydrogens is 355 g/mol. The van der Waals surface area contributed by atoms with Gasteiger partial charge in [-0.15, -0.1) is 0 Å². The number of amides is 1. The van der Waals surface area contributed by atoms with E-state index in [2.05, 4.69) is 10.2 Å². The van der Waals surface area contributed by atoms with Gasteiger partial charge in [0.2, 0.25) is 5.91 Å². The maximum absolute atomic E-state index is 12.7. The molecule has 0 unspecified atom stereocenters. The predicted molar refractivity (Wildman–Crippen MR) is 104 cm³/mol. The summed E-state index contributed by atoms with van der Waals surface area (Å²) in [6, 6.07) is 13.4. The fraction of sp³-hybridized carbons (Fsp3) is 0.350. The van der Waals surface area contributed by atoms with E-state index < -0.39 is 0 Å². The summed E-state index contributed by atoms with van der Waals surface area (Å²) < 4.78 is 0. The smallest absolute Gasteiger partial charge is 0.228 e. The zero-order chi connectivity index (χ0) is 17.8. The van der Waals surface area contributed by atoms with Crippen molar-refractivity contribution in [2.24, 2.45) is 5.92 Å². The SMILES string of the molecule is Cc1cc(Cl)ccc1NC(=O)[C@H]1CCCN(Cc2ccc(Cl)cc2)C1. The molecule has 0 saturated carbocycles. The van der Waals surface area contributed by atoms with Gasteiger partial charge in [-0.2, -0.15) is 0 Å². The van der Waals surface area contributed by atoms with Crippen LogP contribution in [0.3, 0.4) is 0 Å². The highest BCUT2D eigenvalue weighted by atomic mass is 35.5. The molecule has 0 radical (unpaired) electrons. The summed E-state index contributed by atoms with van der Waals surface area (Å²) in [5.74, 6) is 0.0994. The fourth-order valence-corrected chi connectivity index (χ4v) is 3.62. The molecule has 5 heteroatoms. The number of anilines is 1. The Bertz CT molecular complexity index is 746. The summed E-state index contributed by atoms with van der Waals surface area (Å²) >= 11 is 11.9. The standard InChI is InChI=1S/C20H22Cl2N2O/c1-14-11-18(22)8-9-19(14)23-20(25)16-3-2-10-24(13-16)12-15-4-6-17(21)7-5-15/h4-9,11,16H,2-3,10,12-13H2,1H3,(H,23,25)/t16-/m0/s1. The van der Waals surface area contributed by atoms with E-state index in [1.165, 1.54) is 5.56 Å². The second-order valence-electron chi connectivity index (χ2n) is 6.65. The topological polar surface area (TPSA) is 32.3 Å². The van der Waals surface area contributed by atoms with E-state index in [9.17, 15) is 4.79 Å². The van der Waals surface area contributed by atoms with Crippen LogP contribution in [0, 0.1) is 12.8 Å². The normalized spacial score (nSPS) is 18.1. The summed E-state index contributed by atoms with van der Waals surface area (Å²) in [5.41, 5.74) is 3.04. The van der Waals surface area contributed by atoms with E-state index in [-0.39, 0.29) is 11.8 Å². The van der Waals surface area contributed by atoms with Gasteiger partial charge in [-0.25, -0.2) is 0 Å². The number of nitrogens with one attached hydrogen (secondary N) is 1. The first-order valence-corrected chi connectivity index (χ1v) is 9.30. The van der Waals surface area contributed by atoms with Crippen molar-refractivity contribution in [2.45, 2.75) is 26.3 Å². The molecule has 1 aliphatic rings. The molecule has 25 heavy (non-hydrogen) atoms. The Kier molecular flexibility index (Phi) is 6.00. The minimum absolute atomic E-state index is 0.0103. The highest BCUT2D eigenvalue weighted by molar-refractivity contribution is 6.31. The average Bonchev–Trinajstić information content (AvgIpc) is 2.60. The Hall–Kier alpha value is -1.55. The molecule has 3 rings (SSSR count). The summed E-state index contributed by atoms with van der Waals surface area (Å²) in [6.07, 6.45) is 1.96. The number of rotatable bonds is 4. The van der Waals surface area contributed by atoms with Gasteiger partial charge in [0.1, 0.15) is 0 Å². The number of hydrogen-bond donors (Lipinski definition) is 1. The first kappa shape index (κ1) is 18.2. The molecule has 0 bridgehead atoms. The Morgan fingerprint density at radius 2 is 1.88 bits per heavy atom. The predicted octanol–water partition coefficient (Wildman–Crippen LogP) is 5.15. The number of benzene rings is 2. The maximum atomic E-state index is 12.7. The van der Waals surface area contributed by atoms with Crippen molar-refractivity contribution < 1.29 is 4.79 Å². The van der Waals surface area contributed by atoms with Crippen molar-refractivity contribution in [1.82, 2.24) is 4.90 Å². The minimum Gasteiger partial charge on any atom is -0.326 e. The van der Waals surface area contributed by atoms with Crippen molar-refractivity contribution >= 4 is 34.8 Å². The Morgan fingerprint density at radius 3 is 2.60 bits per heavy atom. The van der Waals surface area contributed by atoms with E-state index >= 15 is 0 Å². The number of likely N-dealkylation sites (tertiary alicyclic amines) is 1. The van der Waals surface area contributed by atoms with Crippen LogP contribution >= 0.6 is 23.2 Å². The average molecular weight is 377 g/mol. The first-order chi connectivity index (χ1) is 12.0. The number of piperidine rings is 1. The second kappa shape index (κ2) is 8.22. The van der Waals surface area contributed by atoms with Gasteiger partial charge in [0.15, 0.2) is 0 Å². The van der Waals surface area contributed by atoms with Crippen molar-refractivity contribution in [3.05, 3.63) is 63.6 Å². The van der Waals surface area contributed by atoms with Crippen molar-refractivity contribution in [3.8, 4) is 0 Å². The van der Waals surface area contributed by atoms with E-state index in [1.807, 2.05) is 43.3 Å². The van der Waals surface area contributed by atoms with Crippen LogP contribution in [0.15, 0.2) is 42.5 Å². The van der Waals surface area contributed by atoms with Gasteiger partial charge in [0, 0.05) is 28.8 Å². The lowest BCUT2D eigenvalue weighted by Crippen LogP contribution is -2.40. The van der Waals surface area contributed by atoms with Gasteiger partial charge in [0.05, 0.1) is 5.92 Å². The van der Waals surface area contributed by atoms with E-state index in [0.717, 1.165) is 48.7 Å². The third-order valence-electron chi connectivity index (χ3n) is 4.64. The van der Waals surface area contributed by atoms with Crippen LogP contribution < -0.4 is 5.32 Å². The number of halogens is 2. The number of carbonyl (C=O) groups excluding carboxylic acids is 1. The van der Waals surface area contributed by atoms with Gasteiger partial charge in [0.25, 0.3) is 0 Å². The summed E-state index contributed by atoms with van der Waals surface area (Å²) in [5, 5.41) is 4.49. The Balaban J connectivity index is 1.60. The Morgan fingerprint density at radius 1 is 1.16 bits per heavy atom. The van der Waals surface area contributed by atoms with Gasteiger partial charge in [-0.3, -0.25) is 9.69 Å². The van der Waals surface area contributed by atoms with Crippen molar-refractivity contribution in [1.29, 1.82) is 0 Å². The minimum atomic E-state index is 0.0103. The van der Waals surface area contributed by atoms with Crippen LogP contribution in [0.2, 0.25) is 10.0 Å². The first-order valence-electron chi connectivity index (χ1n) is 8.55. The zero-order valence-electron chi connectivity index (χ0n) is 14.3. The molecule has 1 aliphatic heterocycles. The molecule has 1 heterocycles. The summed E-state index contributed by atoms with van der Waals surface area (Å²) in [4.78, 5) is 15.0. The van der Waals surface area contributed by atoms with Gasteiger partial charge in [-0.05, 0) is 67.8 Å². The largest absolute Gasteiger partial charge is 0.326 e. The quantitative estimate of drug-likeness (QED) is 0.799. The lowest BCUT2D eigenvalue weighted by atomic mass is 9.96. The Labute approximate surface area is 158 Å². The molecule has 1 N–H and O–H groups in total. The van der Waals surface area contributed by atoms with E-state index in [4.69, 9.17) is 23.2 Å². The molecular formula is C20H22Cl2N2O. The summed E-state index contributed by atoms with van der Waals surface area (Å²) in [7, 11) is 0. The molecule has 1 saturated heterocycles. The number of carbonyl (C=O) groups is 1. The molecule has 0 aliphatic carbocycles. The number of aryl methyl sites for hydroxylation is 1. The van der Waals surface area contributed by atoms with Crippen LogP contribution in [0.5, 0.6) is 0 Å². The van der Waals surface area contributed by atoms with Crippen LogP contribution in [0.1, 0.15) is 24.0 Å². The van der Waals surface area contributed by atoms with E-state index in [1.54, 1.807) is 6.07 Å². The molecule has 1 atom stereocenters. The molecule has 2 aromatic carbocycles. The third kappa shape index (κ3) is 4.97. The second-order valence-corrected chi connectivity index (χ2v) is 7.52. The zero-order valence-corrected chi connectivity index (χ0v) is 15.8. The van der Waals surface area contributed by atoms with Crippen molar-refractivity contribution in [2.75, 3.05) is 18.4 Å². The molecule has 0 spiro atoms. The number of hydrogen-bond acceptors (Lipinski definition) is 2. The monoisotopic (exact) mass is 376 g/mol. The van der Waals surface area contributed by atoms with Gasteiger partial charge >= 0.3 is 0 Å². The molecule has 3 nitrogen and oxygen atoms in total. The molecule has 2 aromatic rings. The third-order valence-corrected chi connectivity index (χ3v) is 5.13. The van der Waals surface area contributed by atoms with Crippen LogP contribution in [0.25, 0.3) is 0 Å². The van der Waals surface area contributed by atoms with Gasteiger partial charge < -0.3 is 5.32 Å². The van der Waals surface area contributed by atoms with Crippen LogP contribution in [-0.4, -0.2) is 23.9 Å². The highest BCUT2D eigenvalue weighted by Crippen LogP contribution is 2.24. The van der Waals surface area contributed by atoms with Crippen LogP contribution in [0.4, 0.5) is 5.69 Å². The molecule has 0 aromatic heterocycles. The molecule has 1 amide bonds. The number of nitrogens with zero attached hydrogens (tertiary/aromatic N) is 1. The lowest BCUT2D eigenvalue weighted by Gasteiger charge is -2.32.